The van der Waals surface area contributed by atoms with Crippen LogP contribution in [0.1, 0.15) is 70.2 Å². The van der Waals surface area contributed by atoms with Crippen LogP contribution in [0.4, 0.5) is 4.79 Å². The summed E-state index contributed by atoms with van der Waals surface area (Å²) in [6.45, 7) is 5.64. The number of carbonyl (C=O) groups excluding carboxylic acids is 1. The molecule has 126 valence electrons. The monoisotopic (exact) mass is 317 g/mol. The first-order valence-corrected chi connectivity index (χ1v) is 8.69. The van der Waals surface area contributed by atoms with Gasteiger partial charge < -0.3 is 10.1 Å². The Labute approximate surface area is 138 Å². The minimum absolute atomic E-state index is 0.209. The van der Waals surface area contributed by atoms with E-state index in [4.69, 9.17) is 4.74 Å². The summed E-state index contributed by atoms with van der Waals surface area (Å²) in [4.78, 5) is 20.9. The molecule has 3 rings (SSSR count). The standard InChI is InChI=1S/C18H27N3O2/c1-18(2,3)23-17(22)21-15-7-4-12(8-15)9-16-19-10-14(11-20-16)13-5-6-13/h10-13,15H,4-9H2,1-3H3,(H,21,22)/t12-,15-/m0/s1. The molecule has 0 bridgehead atoms. The summed E-state index contributed by atoms with van der Waals surface area (Å²) in [5, 5.41) is 2.98. The first-order valence-electron chi connectivity index (χ1n) is 8.69. The highest BCUT2D eigenvalue weighted by Crippen LogP contribution is 2.39. The number of aromatic nitrogens is 2. The predicted octanol–water partition coefficient (Wildman–Crippen LogP) is 3.59. The van der Waals surface area contributed by atoms with Crippen LogP contribution in [-0.2, 0) is 11.2 Å². The Bertz CT molecular complexity index is 546. The Hall–Kier alpha value is -1.65. The third kappa shape index (κ3) is 4.91. The molecule has 0 aromatic carbocycles. The van der Waals surface area contributed by atoms with E-state index in [1.165, 1.54) is 18.4 Å². The molecule has 0 unspecified atom stereocenters. The third-order valence-corrected chi connectivity index (χ3v) is 4.51. The van der Waals surface area contributed by atoms with E-state index in [2.05, 4.69) is 15.3 Å². The highest BCUT2D eigenvalue weighted by atomic mass is 16.6. The van der Waals surface area contributed by atoms with Crippen molar-refractivity contribution >= 4 is 6.09 Å². The van der Waals surface area contributed by atoms with Crippen LogP contribution in [0.2, 0.25) is 0 Å². The van der Waals surface area contributed by atoms with Crippen molar-refractivity contribution in [2.75, 3.05) is 0 Å². The smallest absolute Gasteiger partial charge is 0.407 e. The van der Waals surface area contributed by atoms with Gasteiger partial charge in [0, 0.05) is 24.9 Å². The van der Waals surface area contributed by atoms with Crippen LogP contribution in [0.25, 0.3) is 0 Å². The minimum Gasteiger partial charge on any atom is -0.444 e. The topological polar surface area (TPSA) is 64.1 Å². The predicted molar refractivity (Wildman–Crippen MR) is 88.2 cm³/mol. The molecule has 2 saturated carbocycles. The van der Waals surface area contributed by atoms with Crippen LogP contribution in [0.15, 0.2) is 12.4 Å². The number of rotatable bonds is 4. The average Bonchev–Trinajstić information content (AvgIpc) is 3.20. The number of hydrogen-bond donors (Lipinski definition) is 1. The number of alkyl carbamates (subject to hydrolysis) is 1. The SMILES string of the molecule is CC(C)(C)OC(=O)N[C@H]1CC[C@H](Cc2ncc(C3CC3)cn2)C1. The van der Waals surface area contributed by atoms with Crippen LogP contribution in [0.5, 0.6) is 0 Å². The maximum absolute atomic E-state index is 11.8. The Morgan fingerprint density at radius 1 is 1.22 bits per heavy atom. The molecule has 0 radical (unpaired) electrons. The van der Waals surface area contributed by atoms with Crippen LogP contribution < -0.4 is 5.32 Å². The number of nitrogens with zero attached hydrogens (tertiary/aromatic N) is 2. The molecule has 0 saturated heterocycles. The van der Waals surface area contributed by atoms with Crippen molar-refractivity contribution in [3.05, 3.63) is 23.8 Å². The Morgan fingerprint density at radius 2 is 1.91 bits per heavy atom. The van der Waals surface area contributed by atoms with Gasteiger partial charge >= 0.3 is 6.09 Å². The van der Waals surface area contributed by atoms with Gasteiger partial charge in [0.2, 0.25) is 0 Å². The normalized spacial score (nSPS) is 24.5. The summed E-state index contributed by atoms with van der Waals surface area (Å²) in [7, 11) is 0. The molecule has 1 aromatic heterocycles. The van der Waals surface area contributed by atoms with Gasteiger partial charge in [-0.05, 0) is 70.3 Å². The van der Waals surface area contributed by atoms with E-state index in [9.17, 15) is 4.79 Å². The van der Waals surface area contributed by atoms with Crippen molar-refractivity contribution in [2.45, 2.75) is 76.9 Å². The fourth-order valence-corrected chi connectivity index (χ4v) is 3.22. The Kier molecular flexibility index (Phi) is 4.55. The van der Waals surface area contributed by atoms with E-state index in [-0.39, 0.29) is 12.1 Å². The van der Waals surface area contributed by atoms with E-state index in [1.807, 2.05) is 33.2 Å². The van der Waals surface area contributed by atoms with Gasteiger partial charge in [-0.1, -0.05) is 0 Å². The molecule has 1 heterocycles. The Balaban J connectivity index is 1.45. The minimum atomic E-state index is -0.445. The third-order valence-electron chi connectivity index (χ3n) is 4.51. The molecule has 5 heteroatoms. The molecule has 2 aliphatic carbocycles. The molecule has 2 atom stereocenters. The van der Waals surface area contributed by atoms with Gasteiger partial charge in [0.05, 0.1) is 0 Å². The molecular formula is C18H27N3O2. The highest BCUT2D eigenvalue weighted by Gasteiger charge is 2.29. The van der Waals surface area contributed by atoms with E-state index in [0.29, 0.717) is 11.8 Å². The molecule has 1 aromatic rings. The molecule has 0 spiro atoms. The molecule has 23 heavy (non-hydrogen) atoms. The van der Waals surface area contributed by atoms with Crippen LogP contribution in [0, 0.1) is 5.92 Å². The van der Waals surface area contributed by atoms with E-state index in [1.54, 1.807) is 0 Å². The second kappa shape index (κ2) is 6.46. The van der Waals surface area contributed by atoms with Gasteiger partial charge in [-0.2, -0.15) is 0 Å². The summed E-state index contributed by atoms with van der Waals surface area (Å²) in [6, 6.07) is 0.209. The summed E-state index contributed by atoms with van der Waals surface area (Å²) < 4.78 is 5.32. The van der Waals surface area contributed by atoms with Crippen LogP contribution in [0.3, 0.4) is 0 Å². The maximum atomic E-state index is 11.8. The molecule has 2 aliphatic rings. The lowest BCUT2D eigenvalue weighted by Crippen LogP contribution is -2.38. The summed E-state index contributed by atoms with van der Waals surface area (Å²) in [5.41, 5.74) is 0.837. The lowest BCUT2D eigenvalue weighted by atomic mass is 10.0. The number of ether oxygens (including phenoxy) is 1. The van der Waals surface area contributed by atoms with Crippen molar-refractivity contribution in [3.63, 3.8) is 0 Å². The number of nitrogens with one attached hydrogen (secondary N) is 1. The van der Waals surface area contributed by atoms with Gasteiger partial charge in [-0.25, -0.2) is 14.8 Å². The van der Waals surface area contributed by atoms with E-state index >= 15 is 0 Å². The lowest BCUT2D eigenvalue weighted by Gasteiger charge is -2.21. The van der Waals surface area contributed by atoms with Gasteiger partial charge in [0.1, 0.15) is 11.4 Å². The van der Waals surface area contributed by atoms with Crippen molar-refractivity contribution in [2.24, 2.45) is 5.92 Å². The van der Waals surface area contributed by atoms with E-state index < -0.39 is 5.60 Å². The molecule has 0 aliphatic heterocycles. The number of amides is 1. The summed E-state index contributed by atoms with van der Waals surface area (Å²) in [5.74, 6) is 2.18. The molecule has 1 N–H and O–H groups in total. The quantitative estimate of drug-likeness (QED) is 0.921. The van der Waals surface area contributed by atoms with Crippen molar-refractivity contribution in [1.29, 1.82) is 0 Å². The highest BCUT2D eigenvalue weighted by molar-refractivity contribution is 5.68. The van der Waals surface area contributed by atoms with Crippen molar-refractivity contribution < 1.29 is 9.53 Å². The van der Waals surface area contributed by atoms with Gasteiger partial charge in [0.15, 0.2) is 0 Å². The maximum Gasteiger partial charge on any atom is 0.407 e. The molecular weight excluding hydrogens is 290 g/mol. The van der Waals surface area contributed by atoms with Crippen molar-refractivity contribution in [1.82, 2.24) is 15.3 Å². The zero-order valence-electron chi connectivity index (χ0n) is 14.3. The first kappa shape index (κ1) is 16.2. The second-order valence-corrected chi connectivity index (χ2v) is 7.93. The van der Waals surface area contributed by atoms with Crippen LogP contribution in [-0.4, -0.2) is 27.7 Å². The van der Waals surface area contributed by atoms with Gasteiger partial charge in [0.25, 0.3) is 0 Å². The second-order valence-electron chi connectivity index (χ2n) is 7.93. The Morgan fingerprint density at radius 3 is 2.52 bits per heavy atom. The average molecular weight is 317 g/mol. The molecule has 5 nitrogen and oxygen atoms in total. The number of carbonyl (C=O) groups is 1. The first-order chi connectivity index (χ1) is 10.9. The largest absolute Gasteiger partial charge is 0.444 e. The zero-order valence-corrected chi connectivity index (χ0v) is 14.3. The van der Waals surface area contributed by atoms with Crippen LogP contribution >= 0.6 is 0 Å². The summed E-state index contributed by atoms with van der Waals surface area (Å²) in [6.07, 6.45) is 10.2. The van der Waals surface area contributed by atoms with Gasteiger partial charge in [-0.3, -0.25) is 0 Å². The number of hydrogen-bond acceptors (Lipinski definition) is 4. The fraction of sp³-hybridized carbons (Fsp3) is 0.722. The molecule has 2 fully saturated rings. The fourth-order valence-electron chi connectivity index (χ4n) is 3.22. The zero-order chi connectivity index (χ0) is 16.4. The lowest BCUT2D eigenvalue weighted by molar-refractivity contribution is 0.0504. The van der Waals surface area contributed by atoms with E-state index in [0.717, 1.165) is 31.5 Å². The summed E-state index contributed by atoms with van der Waals surface area (Å²) >= 11 is 0. The van der Waals surface area contributed by atoms with Crippen molar-refractivity contribution in [3.8, 4) is 0 Å². The molecule has 1 amide bonds. The van der Waals surface area contributed by atoms with Gasteiger partial charge in [-0.15, -0.1) is 0 Å².